The maximum atomic E-state index is 11.8. The molecule has 0 bridgehead atoms. The van der Waals surface area contributed by atoms with Gasteiger partial charge in [0.1, 0.15) is 11.8 Å². The van der Waals surface area contributed by atoms with Gasteiger partial charge in [-0.3, -0.25) is 14.9 Å². The van der Waals surface area contributed by atoms with E-state index in [0.717, 1.165) is 0 Å². The lowest BCUT2D eigenvalue weighted by Crippen LogP contribution is -2.33. The Morgan fingerprint density at radius 2 is 2.20 bits per heavy atom. The third-order valence-electron chi connectivity index (χ3n) is 2.68. The van der Waals surface area contributed by atoms with Crippen molar-refractivity contribution in [2.24, 2.45) is 0 Å². The number of amides is 4. The van der Waals surface area contributed by atoms with Gasteiger partial charge in [-0.25, -0.2) is 4.79 Å². The predicted octanol–water partition coefficient (Wildman–Crippen LogP) is 0.885. The third-order valence-corrected chi connectivity index (χ3v) is 2.98. The van der Waals surface area contributed by atoms with Crippen molar-refractivity contribution in [2.45, 2.75) is 12.5 Å². The lowest BCUT2D eigenvalue weighted by Gasteiger charge is -2.10. The Bertz CT molecular complexity index is 576. The van der Waals surface area contributed by atoms with Gasteiger partial charge in [0.25, 0.3) is 5.91 Å². The highest BCUT2D eigenvalue weighted by molar-refractivity contribution is 6.32. The number of imide groups is 1. The first-order valence-corrected chi connectivity index (χ1v) is 6.12. The smallest absolute Gasteiger partial charge is 0.322 e. The van der Waals surface area contributed by atoms with Crippen LogP contribution in [0, 0.1) is 0 Å². The number of carbonyl (C=O) groups excluding carboxylic acids is 3. The van der Waals surface area contributed by atoms with Crippen molar-refractivity contribution in [1.82, 2.24) is 10.6 Å². The summed E-state index contributed by atoms with van der Waals surface area (Å²) < 4.78 is 4.99. The Morgan fingerprint density at radius 1 is 1.45 bits per heavy atom. The van der Waals surface area contributed by atoms with Crippen LogP contribution in [-0.2, 0) is 9.59 Å². The van der Waals surface area contributed by atoms with Crippen LogP contribution in [0.15, 0.2) is 18.2 Å². The summed E-state index contributed by atoms with van der Waals surface area (Å²) in [7, 11) is 1.49. The van der Waals surface area contributed by atoms with E-state index in [4.69, 9.17) is 16.3 Å². The molecule has 1 fully saturated rings. The van der Waals surface area contributed by atoms with Gasteiger partial charge in [0.05, 0.1) is 18.6 Å². The maximum absolute atomic E-state index is 11.8. The summed E-state index contributed by atoms with van der Waals surface area (Å²) in [5.74, 6) is -0.432. The number of carbonyl (C=O) groups is 3. The summed E-state index contributed by atoms with van der Waals surface area (Å²) in [6.45, 7) is 0. The molecule has 0 aromatic heterocycles. The van der Waals surface area contributed by atoms with Gasteiger partial charge in [-0.2, -0.15) is 0 Å². The molecule has 0 aliphatic carbocycles. The normalized spacial score (nSPS) is 17.4. The number of hydrogen-bond donors (Lipinski definition) is 3. The number of ether oxygens (including phenoxy) is 1. The van der Waals surface area contributed by atoms with Crippen LogP contribution in [0.2, 0.25) is 5.02 Å². The molecule has 0 saturated carbocycles. The van der Waals surface area contributed by atoms with Crippen molar-refractivity contribution < 1.29 is 19.1 Å². The first-order chi connectivity index (χ1) is 9.49. The van der Waals surface area contributed by atoms with Gasteiger partial charge in [-0.15, -0.1) is 0 Å². The first-order valence-electron chi connectivity index (χ1n) is 5.74. The second kappa shape index (κ2) is 5.79. The topological polar surface area (TPSA) is 96.5 Å². The van der Waals surface area contributed by atoms with E-state index in [1.165, 1.54) is 13.2 Å². The number of hydrogen-bond acceptors (Lipinski definition) is 4. The van der Waals surface area contributed by atoms with Gasteiger partial charge in [0.2, 0.25) is 5.91 Å². The average Bonchev–Trinajstić information content (AvgIpc) is 2.68. The number of methoxy groups -OCH3 is 1. The fourth-order valence-electron chi connectivity index (χ4n) is 1.74. The van der Waals surface area contributed by atoms with Gasteiger partial charge in [-0.05, 0) is 18.2 Å². The van der Waals surface area contributed by atoms with Crippen LogP contribution >= 0.6 is 11.6 Å². The fraction of sp³-hybridized carbons (Fsp3) is 0.250. The summed E-state index contributed by atoms with van der Waals surface area (Å²) in [6.07, 6.45) is -0.152. The Hall–Kier alpha value is -2.28. The number of benzene rings is 1. The molecule has 7 nitrogen and oxygen atoms in total. The minimum Gasteiger partial charge on any atom is -0.495 e. The zero-order chi connectivity index (χ0) is 14.7. The highest BCUT2D eigenvalue weighted by Crippen LogP contribution is 2.27. The fourth-order valence-corrected chi connectivity index (χ4v) is 2.00. The van der Waals surface area contributed by atoms with Crippen LogP contribution in [0.1, 0.15) is 6.42 Å². The van der Waals surface area contributed by atoms with Crippen LogP contribution < -0.4 is 20.7 Å². The number of nitrogens with one attached hydrogen (secondary N) is 3. The molecule has 106 valence electrons. The van der Waals surface area contributed by atoms with E-state index in [-0.39, 0.29) is 6.42 Å². The lowest BCUT2D eigenvalue weighted by molar-refractivity contribution is -0.124. The largest absolute Gasteiger partial charge is 0.495 e. The van der Waals surface area contributed by atoms with Crippen LogP contribution in [0.25, 0.3) is 0 Å². The molecule has 1 aliphatic rings. The lowest BCUT2D eigenvalue weighted by atomic mass is 10.2. The number of urea groups is 1. The Labute approximate surface area is 119 Å². The number of rotatable bonds is 4. The molecule has 1 aromatic rings. The van der Waals surface area contributed by atoms with Crippen LogP contribution in [-0.4, -0.2) is 31.0 Å². The van der Waals surface area contributed by atoms with Crippen LogP contribution in [0.3, 0.4) is 0 Å². The molecule has 4 amide bonds. The summed E-state index contributed by atoms with van der Waals surface area (Å²) in [6, 6.07) is 3.32. The Kier molecular flexibility index (Phi) is 4.09. The molecule has 1 aromatic carbocycles. The Morgan fingerprint density at radius 3 is 2.75 bits per heavy atom. The standard InChI is InChI=1S/C12H12ClN3O4/c1-20-9-3-2-6(4-7(9)13)14-10(17)5-8-11(18)16-12(19)15-8/h2-4,8H,5H2,1H3,(H,14,17)(H2,15,16,18,19). The molecule has 0 spiro atoms. The highest BCUT2D eigenvalue weighted by atomic mass is 35.5. The zero-order valence-electron chi connectivity index (χ0n) is 10.5. The maximum Gasteiger partial charge on any atom is 0.322 e. The van der Waals surface area contributed by atoms with E-state index in [0.29, 0.717) is 16.5 Å². The van der Waals surface area contributed by atoms with Crippen molar-refractivity contribution in [3.05, 3.63) is 23.2 Å². The summed E-state index contributed by atoms with van der Waals surface area (Å²) in [5.41, 5.74) is 0.477. The van der Waals surface area contributed by atoms with Crippen molar-refractivity contribution in [2.75, 3.05) is 12.4 Å². The van der Waals surface area contributed by atoms with Crippen molar-refractivity contribution in [3.63, 3.8) is 0 Å². The van der Waals surface area contributed by atoms with Gasteiger partial charge < -0.3 is 15.4 Å². The SMILES string of the molecule is COc1ccc(NC(=O)CC2NC(=O)NC2=O)cc1Cl. The Balaban J connectivity index is 1.96. The summed E-state index contributed by atoms with van der Waals surface area (Å²) in [5, 5.41) is 7.34. The summed E-state index contributed by atoms with van der Waals surface area (Å²) >= 11 is 5.93. The minimum absolute atomic E-state index is 0.152. The van der Waals surface area contributed by atoms with E-state index in [9.17, 15) is 14.4 Å². The quantitative estimate of drug-likeness (QED) is 0.719. The van der Waals surface area contributed by atoms with Crippen molar-refractivity contribution in [1.29, 1.82) is 0 Å². The van der Waals surface area contributed by atoms with E-state index in [1.54, 1.807) is 12.1 Å². The highest BCUT2D eigenvalue weighted by Gasteiger charge is 2.31. The van der Waals surface area contributed by atoms with Gasteiger partial charge >= 0.3 is 6.03 Å². The number of anilines is 1. The molecule has 1 atom stereocenters. The average molecular weight is 298 g/mol. The van der Waals surface area contributed by atoms with Gasteiger partial charge in [0, 0.05) is 5.69 Å². The molecule has 0 radical (unpaired) electrons. The molecule has 1 unspecified atom stereocenters. The molecule has 2 rings (SSSR count). The molecule has 3 N–H and O–H groups in total. The minimum atomic E-state index is -0.851. The van der Waals surface area contributed by atoms with Crippen molar-refractivity contribution >= 4 is 35.1 Å². The molecular formula is C12H12ClN3O4. The van der Waals surface area contributed by atoms with E-state index < -0.39 is 23.9 Å². The van der Waals surface area contributed by atoms with E-state index >= 15 is 0 Å². The third kappa shape index (κ3) is 3.18. The zero-order valence-corrected chi connectivity index (χ0v) is 11.3. The van der Waals surface area contributed by atoms with Gasteiger partial charge in [0.15, 0.2) is 0 Å². The van der Waals surface area contributed by atoms with Crippen LogP contribution in [0.5, 0.6) is 5.75 Å². The molecule has 20 heavy (non-hydrogen) atoms. The molecular weight excluding hydrogens is 286 g/mol. The van der Waals surface area contributed by atoms with Crippen molar-refractivity contribution in [3.8, 4) is 5.75 Å². The first kappa shape index (κ1) is 14.1. The van der Waals surface area contributed by atoms with E-state index in [2.05, 4.69) is 16.0 Å². The van der Waals surface area contributed by atoms with Crippen LogP contribution in [0.4, 0.5) is 10.5 Å². The molecule has 1 saturated heterocycles. The predicted molar refractivity (Wildman–Crippen MR) is 71.7 cm³/mol. The summed E-state index contributed by atoms with van der Waals surface area (Å²) in [4.78, 5) is 34.0. The molecule has 1 heterocycles. The van der Waals surface area contributed by atoms with Gasteiger partial charge in [-0.1, -0.05) is 11.6 Å². The molecule has 8 heteroatoms. The monoisotopic (exact) mass is 297 g/mol. The second-order valence-electron chi connectivity index (χ2n) is 4.12. The second-order valence-corrected chi connectivity index (χ2v) is 4.52. The molecule has 1 aliphatic heterocycles. The van der Waals surface area contributed by atoms with E-state index in [1.807, 2.05) is 0 Å². The number of halogens is 1.